The van der Waals surface area contributed by atoms with E-state index in [0.717, 1.165) is 31.1 Å². The van der Waals surface area contributed by atoms with Crippen LogP contribution in [0.25, 0.3) is 0 Å². The number of likely N-dealkylation sites (tertiary alicyclic amines) is 1. The van der Waals surface area contributed by atoms with Crippen LogP contribution >= 0.6 is 0 Å². The summed E-state index contributed by atoms with van der Waals surface area (Å²) in [6.45, 7) is 2.19. The lowest BCUT2D eigenvalue weighted by Crippen LogP contribution is -2.36. The molecule has 0 bridgehead atoms. The molecule has 126 valence electrons. The Morgan fingerprint density at radius 3 is 2.67 bits per heavy atom. The summed E-state index contributed by atoms with van der Waals surface area (Å²) in [6, 6.07) is 9.41. The Bertz CT molecular complexity index is 675. The first kappa shape index (κ1) is 16.4. The average molecular weight is 326 g/mol. The highest BCUT2D eigenvalue weighted by Crippen LogP contribution is 2.19. The summed E-state index contributed by atoms with van der Waals surface area (Å²) in [5, 5.41) is 0. The molecule has 1 aliphatic rings. The Morgan fingerprint density at radius 1 is 1.29 bits per heavy atom. The fourth-order valence-electron chi connectivity index (χ4n) is 2.97. The van der Waals surface area contributed by atoms with E-state index in [2.05, 4.69) is 21.9 Å². The molecule has 0 N–H and O–H groups in total. The van der Waals surface area contributed by atoms with E-state index in [4.69, 9.17) is 4.74 Å². The zero-order valence-corrected chi connectivity index (χ0v) is 14.1. The van der Waals surface area contributed by atoms with Gasteiger partial charge < -0.3 is 9.64 Å². The number of hydrogen-bond donors (Lipinski definition) is 0. The van der Waals surface area contributed by atoms with Gasteiger partial charge in [-0.25, -0.2) is 9.97 Å². The Labute approximate surface area is 142 Å². The van der Waals surface area contributed by atoms with Crippen LogP contribution in [0.15, 0.2) is 42.7 Å². The number of nitrogens with zero attached hydrogens (tertiary/aromatic N) is 4. The van der Waals surface area contributed by atoms with Crippen molar-refractivity contribution in [3.63, 3.8) is 0 Å². The predicted molar refractivity (Wildman–Crippen MR) is 90.8 cm³/mol. The lowest BCUT2D eigenvalue weighted by Gasteiger charge is -2.24. The second kappa shape index (κ2) is 7.40. The molecule has 6 nitrogen and oxygen atoms in total. The fourth-order valence-corrected chi connectivity index (χ4v) is 2.97. The van der Waals surface area contributed by atoms with Crippen LogP contribution in [0.3, 0.4) is 0 Å². The Hall–Kier alpha value is -2.47. The van der Waals surface area contributed by atoms with Gasteiger partial charge in [0.05, 0.1) is 13.7 Å². The average Bonchev–Trinajstić information content (AvgIpc) is 3.12. The van der Waals surface area contributed by atoms with Crippen LogP contribution < -0.4 is 4.74 Å². The van der Waals surface area contributed by atoms with E-state index < -0.39 is 0 Å². The van der Waals surface area contributed by atoms with Gasteiger partial charge in [-0.05, 0) is 43.8 Å². The molecular weight excluding hydrogens is 304 g/mol. The lowest BCUT2D eigenvalue weighted by molar-refractivity contribution is 0.0779. The number of methoxy groups -OCH3 is 1. The lowest BCUT2D eigenvalue weighted by atomic mass is 10.2. The van der Waals surface area contributed by atoms with Gasteiger partial charge in [-0.2, -0.15) is 0 Å². The second-order valence-corrected chi connectivity index (χ2v) is 6.00. The standard InChI is InChI=1S/C18H22N4O2/c1-21(13-17-19-9-3-10-20-17)15-8-11-22(12-15)18(23)14-4-6-16(24-2)7-5-14/h3-7,9-10,15H,8,11-13H2,1-2H3/t15-/m1/s1. The first-order valence-corrected chi connectivity index (χ1v) is 8.07. The van der Waals surface area contributed by atoms with Gasteiger partial charge in [0.15, 0.2) is 0 Å². The maximum atomic E-state index is 12.6. The molecule has 2 heterocycles. The first-order chi connectivity index (χ1) is 11.7. The number of carbonyl (C=O) groups excluding carboxylic acids is 1. The number of likely N-dealkylation sites (N-methyl/N-ethyl adjacent to an activating group) is 1. The van der Waals surface area contributed by atoms with E-state index in [1.165, 1.54) is 0 Å². The van der Waals surface area contributed by atoms with Gasteiger partial charge in [0, 0.05) is 37.1 Å². The molecule has 2 aromatic rings. The monoisotopic (exact) mass is 326 g/mol. The Morgan fingerprint density at radius 2 is 2.00 bits per heavy atom. The molecule has 0 radical (unpaired) electrons. The maximum absolute atomic E-state index is 12.6. The van der Waals surface area contributed by atoms with Crippen molar-refractivity contribution in [1.82, 2.24) is 19.8 Å². The van der Waals surface area contributed by atoms with E-state index in [9.17, 15) is 4.79 Å². The SMILES string of the molecule is COc1ccc(C(=O)N2CC[C@@H](N(C)Cc3ncccn3)C2)cc1. The van der Waals surface area contributed by atoms with Crippen molar-refractivity contribution in [2.45, 2.75) is 19.0 Å². The number of aromatic nitrogens is 2. The van der Waals surface area contributed by atoms with Crippen LogP contribution in [-0.4, -0.2) is 59.0 Å². The molecule has 1 aromatic heterocycles. The number of ether oxygens (including phenoxy) is 1. The molecule has 0 spiro atoms. The number of benzene rings is 1. The van der Waals surface area contributed by atoms with E-state index in [-0.39, 0.29) is 5.91 Å². The number of hydrogen-bond acceptors (Lipinski definition) is 5. The molecule has 1 fully saturated rings. The van der Waals surface area contributed by atoms with Gasteiger partial charge in [0.2, 0.25) is 0 Å². The molecule has 6 heteroatoms. The quantitative estimate of drug-likeness (QED) is 0.839. The summed E-state index contributed by atoms with van der Waals surface area (Å²) in [5.74, 6) is 1.64. The molecule has 3 rings (SSSR count). The summed E-state index contributed by atoms with van der Waals surface area (Å²) in [7, 11) is 3.68. The summed E-state index contributed by atoms with van der Waals surface area (Å²) in [5.41, 5.74) is 0.700. The van der Waals surface area contributed by atoms with Crippen LogP contribution in [0, 0.1) is 0 Å². The summed E-state index contributed by atoms with van der Waals surface area (Å²) in [4.78, 5) is 25.3. The van der Waals surface area contributed by atoms with E-state index in [0.29, 0.717) is 18.2 Å². The van der Waals surface area contributed by atoms with Crippen LogP contribution in [0.5, 0.6) is 5.75 Å². The number of carbonyl (C=O) groups is 1. The van der Waals surface area contributed by atoms with Crippen molar-refractivity contribution >= 4 is 5.91 Å². The predicted octanol–water partition coefficient (Wildman–Crippen LogP) is 1.83. The maximum Gasteiger partial charge on any atom is 0.253 e. The highest BCUT2D eigenvalue weighted by molar-refractivity contribution is 5.94. The van der Waals surface area contributed by atoms with E-state index in [1.807, 2.05) is 35.2 Å². The van der Waals surface area contributed by atoms with Crippen LogP contribution in [0.4, 0.5) is 0 Å². The second-order valence-electron chi connectivity index (χ2n) is 6.00. The van der Waals surface area contributed by atoms with Crippen LogP contribution in [0.1, 0.15) is 22.6 Å². The molecule has 24 heavy (non-hydrogen) atoms. The van der Waals surface area contributed by atoms with Gasteiger partial charge >= 0.3 is 0 Å². The number of rotatable bonds is 5. The van der Waals surface area contributed by atoms with Crippen molar-refractivity contribution < 1.29 is 9.53 Å². The summed E-state index contributed by atoms with van der Waals surface area (Å²) in [6.07, 6.45) is 4.47. The zero-order chi connectivity index (χ0) is 16.9. The van der Waals surface area contributed by atoms with E-state index >= 15 is 0 Å². The van der Waals surface area contributed by atoms with Crippen molar-refractivity contribution in [3.8, 4) is 5.75 Å². The summed E-state index contributed by atoms with van der Waals surface area (Å²) < 4.78 is 5.14. The zero-order valence-electron chi connectivity index (χ0n) is 14.1. The topological polar surface area (TPSA) is 58.6 Å². The molecule has 1 aliphatic heterocycles. The highest BCUT2D eigenvalue weighted by atomic mass is 16.5. The third-order valence-corrected chi connectivity index (χ3v) is 4.42. The molecule has 0 aliphatic carbocycles. The fraction of sp³-hybridized carbons (Fsp3) is 0.389. The highest BCUT2D eigenvalue weighted by Gasteiger charge is 2.29. The molecule has 1 amide bonds. The van der Waals surface area contributed by atoms with Crippen molar-refractivity contribution in [2.24, 2.45) is 0 Å². The normalized spacial score (nSPS) is 17.3. The largest absolute Gasteiger partial charge is 0.497 e. The molecule has 1 atom stereocenters. The summed E-state index contributed by atoms with van der Waals surface area (Å²) >= 11 is 0. The van der Waals surface area contributed by atoms with Crippen molar-refractivity contribution in [1.29, 1.82) is 0 Å². The Balaban J connectivity index is 1.58. The molecule has 1 aromatic carbocycles. The van der Waals surface area contributed by atoms with Gasteiger partial charge in [-0.1, -0.05) is 0 Å². The van der Waals surface area contributed by atoms with Gasteiger partial charge in [-0.3, -0.25) is 9.69 Å². The minimum Gasteiger partial charge on any atom is -0.497 e. The van der Waals surface area contributed by atoms with E-state index in [1.54, 1.807) is 19.5 Å². The minimum atomic E-state index is 0.0736. The van der Waals surface area contributed by atoms with Gasteiger partial charge in [-0.15, -0.1) is 0 Å². The molecule has 0 unspecified atom stereocenters. The Kier molecular flexibility index (Phi) is 5.05. The third kappa shape index (κ3) is 3.71. The van der Waals surface area contributed by atoms with Crippen LogP contribution in [0.2, 0.25) is 0 Å². The molecule has 0 saturated carbocycles. The van der Waals surface area contributed by atoms with Crippen molar-refractivity contribution in [2.75, 3.05) is 27.2 Å². The minimum absolute atomic E-state index is 0.0736. The van der Waals surface area contributed by atoms with Crippen LogP contribution in [-0.2, 0) is 6.54 Å². The smallest absolute Gasteiger partial charge is 0.253 e. The van der Waals surface area contributed by atoms with Crippen molar-refractivity contribution in [3.05, 3.63) is 54.1 Å². The third-order valence-electron chi connectivity index (χ3n) is 4.42. The molecular formula is C18H22N4O2. The first-order valence-electron chi connectivity index (χ1n) is 8.07. The van der Waals surface area contributed by atoms with Gasteiger partial charge in [0.1, 0.15) is 11.6 Å². The molecule has 1 saturated heterocycles. The number of amides is 1. The van der Waals surface area contributed by atoms with Gasteiger partial charge in [0.25, 0.3) is 5.91 Å².